The topological polar surface area (TPSA) is 29.3 Å². The molecule has 0 heterocycles. The summed E-state index contributed by atoms with van der Waals surface area (Å²) < 4.78 is 0. The zero-order chi connectivity index (χ0) is 13.1. The van der Waals surface area contributed by atoms with Gasteiger partial charge in [0.15, 0.2) is 0 Å². The highest BCUT2D eigenvalue weighted by Crippen LogP contribution is 2.28. The number of anilines is 1. The molecule has 0 spiro atoms. The van der Waals surface area contributed by atoms with Gasteiger partial charge in [-0.05, 0) is 56.3 Å². The fourth-order valence-electron chi connectivity index (χ4n) is 2.77. The predicted octanol–water partition coefficient (Wildman–Crippen LogP) is 3.93. The molecule has 2 nitrogen and oxygen atoms in total. The summed E-state index contributed by atoms with van der Waals surface area (Å²) in [6.45, 7) is 3.31. The lowest BCUT2D eigenvalue weighted by Crippen LogP contribution is -2.34. The van der Waals surface area contributed by atoms with E-state index in [1.807, 2.05) is 12.1 Å². The van der Waals surface area contributed by atoms with Crippen molar-refractivity contribution in [3.63, 3.8) is 0 Å². The molecule has 1 aromatic rings. The molecule has 18 heavy (non-hydrogen) atoms. The van der Waals surface area contributed by atoms with E-state index in [0.29, 0.717) is 10.7 Å². The Morgan fingerprint density at radius 3 is 2.56 bits per heavy atom. The third-order valence-electron chi connectivity index (χ3n) is 4.11. The lowest BCUT2D eigenvalue weighted by Gasteiger charge is -2.33. The normalized spacial score (nSPS) is 24.4. The summed E-state index contributed by atoms with van der Waals surface area (Å²) in [5.41, 5.74) is 7.64. The number of nitrogens with two attached hydrogens (primary N) is 1. The van der Waals surface area contributed by atoms with E-state index in [1.54, 1.807) is 0 Å². The number of nitrogens with zero attached hydrogens (tertiary/aromatic N) is 1. The number of rotatable bonds is 3. The fourth-order valence-corrected chi connectivity index (χ4v) is 2.97. The Morgan fingerprint density at radius 2 is 1.94 bits per heavy atom. The van der Waals surface area contributed by atoms with Crippen LogP contribution in [0.3, 0.4) is 0 Å². The molecule has 3 heteroatoms. The number of halogens is 1. The number of nitrogen functional groups attached to an aromatic ring is 1. The molecule has 1 saturated carbocycles. The SMILES string of the molecule is CC1CCC(N(C)Cc2ccc(N)c(Cl)c2)CC1. The van der Waals surface area contributed by atoms with Crippen LogP contribution in [0.2, 0.25) is 5.02 Å². The van der Waals surface area contributed by atoms with Gasteiger partial charge in [-0.25, -0.2) is 0 Å². The third-order valence-corrected chi connectivity index (χ3v) is 4.43. The molecular formula is C15H23ClN2. The van der Waals surface area contributed by atoms with Crippen LogP contribution in [0.4, 0.5) is 5.69 Å². The van der Waals surface area contributed by atoms with Crippen molar-refractivity contribution in [2.24, 2.45) is 5.92 Å². The van der Waals surface area contributed by atoms with Crippen molar-refractivity contribution in [1.29, 1.82) is 0 Å². The average Bonchev–Trinajstić information content (AvgIpc) is 2.34. The van der Waals surface area contributed by atoms with Crippen LogP contribution in [0.1, 0.15) is 38.2 Å². The Kier molecular flexibility index (Phi) is 4.52. The maximum Gasteiger partial charge on any atom is 0.0638 e. The minimum Gasteiger partial charge on any atom is -0.398 e. The van der Waals surface area contributed by atoms with Crippen LogP contribution < -0.4 is 5.73 Å². The first-order chi connectivity index (χ1) is 8.56. The van der Waals surface area contributed by atoms with E-state index in [4.69, 9.17) is 17.3 Å². The van der Waals surface area contributed by atoms with E-state index in [9.17, 15) is 0 Å². The van der Waals surface area contributed by atoms with Gasteiger partial charge >= 0.3 is 0 Å². The van der Waals surface area contributed by atoms with Gasteiger partial charge < -0.3 is 5.73 Å². The second kappa shape index (κ2) is 5.94. The van der Waals surface area contributed by atoms with Gasteiger partial charge in [-0.15, -0.1) is 0 Å². The first-order valence-electron chi connectivity index (χ1n) is 6.80. The molecule has 0 bridgehead atoms. The molecule has 0 unspecified atom stereocenters. The molecule has 100 valence electrons. The van der Waals surface area contributed by atoms with Crippen LogP contribution >= 0.6 is 11.6 Å². The molecule has 1 aliphatic carbocycles. The van der Waals surface area contributed by atoms with Crippen LogP contribution in [0.25, 0.3) is 0 Å². The Balaban J connectivity index is 1.94. The smallest absolute Gasteiger partial charge is 0.0638 e. The van der Waals surface area contributed by atoms with Crippen LogP contribution in [-0.4, -0.2) is 18.0 Å². The monoisotopic (exact) mass is 266 g/mol. The van der Waals surface area contributed by atoms with Crippen molar-refractivity contribution < 1.29 is 0 Å². The summed E-state index contributed by atoms with van der Waals surface area (Å²) in [5, 5.41) is 0.665. The first-order valence-corrected chi connectivity index (χ1v) is 7.18. The minimum atomic E-state index is 0.662. The molecule has 1 aromatic carbocycles. The van der Waals surface area contributed by atoms with Crippen molar-refractivity contribution in [2.75, 3.05) is 12.8 Å². The van der Waals surface area contributed by atoms with Crippen molar-refractivity contribution in [3.05, 3.63) is 28.8 Å². The molecule has 0 aromatic heterocycles. The summed E-state index contributed by atoms with van der Waals surface area (Å²) in [5.74, 6) is 0.903. The Morgan fingerprint density at radius 1 is 1.28 bits per heavy atom. The van der Waals surface area contributed by atoms with Crippen LogP contribution in [0.15, 0.2) is 18.2 Å². The van der Waals surface area contributed by atoms with Crippen molar-refractivity contribution >= 4 is 17.3 Å². The van der Waals surface area contributed by atoms with E-state index in [-0.39, 0.29) is 0 Å². The molecule has 2 N–H and O–H groups in total. The van der Waals surface area contributed by atoms with Crippen molar-refractivity contribution in [2.45, 2.75) is 45.2 Å². The van der Waals surface area contributed by atoms with E-state index in [1.165, 1.54) is 31.2 Å². The summed E-state index contributed by atoms with van der Waals surface area (Å²) in [7, 11) is 2.21. The van der Waals surface area contributed by atoms with Crippen molar-refractivity contribution in [1.82, 2.24) is 4.90 Å². The molecule has 1 aliphatic rings. The lowest BCUT2D eigenvalue weighted by atomic mass is 9.86. The third kappa shape index (κ3) is 3.39. The summed E-state index contributed by atoms with van der Waals surface area (Å²) in [6.07, 6.45) is 5.36. The molecule has 2 rings (SSSR count). The number of hydrogen-bond acceptors (Lipinski definition) is 2. The standard InChI is InChI=1S/C15H23ClN2/c1-11-3-6-13(7-4-11)18(2)10-12-5-8-15(17)14(16)9-12/h5,8-9,11,13H,3-4,6-7,10,17H2,1-2H3. The molecule has 0 saturated heterocycles. The van der Waals surface area contributed by atoms with E-state index in [0.717, 1.165) is 18.5 Å². The Bertz CT molecular complexity index is 397. The summed E-state index contributed by atoms with van der Waals surface area (Å²) >= 11 is 6.06. The highest BCUT2D eigenvalue weighted by molar-refractivity contribution is 6.33. The number of benzene rings is 1. The molecule has 0 aliphatic heterocycles. The largest absolute Gasteiger partial charge is 0.398 e. The van der Waals surface area contributed by atoms with Crippen LogP contribution in [-0.2, 0) is 6.54 Å². The Labute approximate surface area is 115 Å². The van der Waals surface area contributed by atoms with Crippen LogP contribution in [0, 0.1) is 5.92 Å². The molecule has 0 radical (unpaired) electrons. The maximum atomic E-state index is 6.06. The summed E-state index contributed by atoms with van der Waals surface area (Å²) in [4.78, 5) is 2.45. The minimum absolute atomic E-state index is 0.662. The van der Waals surface area contributed by atoms with Gasteiger partial charge in [-0.3, -0.25) is 4.90 Å². The average molecular weight is 267 g/mol. The molecule has 0 amide bonds. The first kappa shape index (κ1) is 13.7. The van der Waals surface area contributed by atoms with Gasteiger partial charge in [0.05, 0.1) is 10.7 Å². The van der Waals surface area contributed by atoms with E-state index < -0.39 is 0 Å². The van der Waals surface area contributed by atoms with E-state index in [2.05, 4.69) is 24.9 Å². The zero-order valence-corrected chi connectivity index (χ0v) is 12.1. The second-order valence-electron chi connectivity index (χ2n) is 5.68. The Hall–Kier alpha value is -0.730. The molecule has 0 atom stereocenters. The van der Waals surface area contributed by atoms with Gasteiger partial charge in [0.25, 0.3) is 0 Å². The van der Waals surface area contributed by atoms with Gasteiger partial charge in [0, 0.05) is 12.6 Å². The highest BCUT2D eigenvalue weighted by atomic mass is 35.5. The van der Waals surface area contributed by atoms with Crippen molar-refractivity contribution in [3.8, 4) is 0 Å². The predicted molar refractivity (Wildman–Crippen MR) is 78.8 cm³/mol. The fraction of sp³-hybridized carbons (Fsp3) is 0.600. The molecular weight excluding hydrogens is 244 g/mol. The lowest BCUT2D eigenvalue weighted by molar-refractivity contribution is 0.164. The van der Waals surface area contributed by atoms with Gasteiger partial charge in [0.2, 0.25) is 0 Å². The highest BCUT2D eigenvalue weighted by Gasteiger charge is 2.21. The van der Waals surface area contributed by atoms with E-state index >= 15 is 0 Å². The maximum absolute atomic E-state index is 6.06. The summed E-state index contributed by atoms with van der Waals surface area (Å²) in [6, 6.07) is 6.67. The van der Waals surface area contributed by atoms with Gasteiger partial charge in [0.1, 0.15) is 0 Å². The van der Waals surface area contributed by atoms with Gasteiger partial charge in [-0.1, -0.05) is 24.6 Å². The zero-order valence-electron chi connectivity index (χ0n) is 11.3. The number of hydrogen-bond donors (Lipinski definition) is 1. The quantitative estimate of drug-likeness (QED) is 0.840. The van der Waals surface area contributed by atoms with Crippen LogP contribution in [0.5, 0.6) is 0 Å². The molecule has 1 fully saturated rings. The second-order valence-corrected chi connectivity index (χ2v) is 6.09. The van der Waals surface area contributed by atoms with Gasteiger partial charge in [-0.2, -0.15) is 0 Å².